The number of aldehydes is 1. The lowest BCUT2D eigenvalue weighted by Crippen LogP contribution is -2.23. The molecule has 3 aromatic rings. The summed E-state index contributed by atoms with van der Waals surface area (Å²) < 4.78 is 33.6. The second-order valence-corrected chi connectivity index (χ2v) is 8.65. The Hall–Kier alpha value is -2.81. The zero-order chi connectivity index (χ0) is 23.3. The van der Waals surface area contributed by atoms with Gasteiger partial charge in [-0.15, -0.1) is 11.3 Å². The Balaban J connectivity index is 2.04. The number of methoxy groups -OCH3 is 1. The Labute approximate surface area is 191 Å². The lowest BCUT2D eigenvalue weighted by molar-refractivity contribution is 0.112. The molecule has 0 aliphatic carbocycles. The van der Waals surface area contributed by atoms with Crippen LogP contribution in [0.15, 0.2) is 42.5 Å². The summed E-state index contributed by atoms with van der Waals surface area (Å²) in [6.45, 7) is 1.78. The summed E-state index contributed by atoms with van der Waals surface area (Å²) in [6, 6.07) is 11.2. The number of carbonyl (C=O) groups excluding carboxylic acids is 1. The third-order valence-electron chi connectivity index (χ3n) is 5.23. The van der Waals surface area contributed by atoms with E-state index in [1.54, 1.807) is 19.1 Å². The fourth-order valence-corrected chi connectivity index (χ4v) is 4.73. The molecule has 3 rings (SSSR count). The minimum absolute atomic E-state index is 0.00000811. The molecule has 170 valence electrons. The average molecular weight is 460 g/mol. The van der Waals surface area contributed by atoms with Gasteiger partial charge in [0.05, 0.1) is 12.2 Å². The molecule has 0 radical (unpaired) electrons. The molecule has 0 fully saturated rings. The van der Waals surface area contributed by atoms with Crippen LogP contribution in [0.4, 0.5) is 19.5 Å². The van der Waals surface area contributed by atoms with Crippen molar-refractivity contribution in [3.8, 4) is 10.4 Å². The largest absolute Gasteiger partial charge is 0.399 e. The molecule has 8 heteroatoms. The van der Waals surface area contributed by atoms with Gasteiger partial charge >= 0.3 is 0 Å². The third-order valence-corrected chi connectivity index (χ3v) is 6.64. The molecule has 0 atom stereocenters. The number of halogens is 2. The third kappa shape index (κ3) is 5.32. The van der Waals surface area contributed by atoms with Crippen LogP contribution in [0.5, 0.6) is 0 Å². The van der Waals surface area contributed by atoms with E-state index in [1.165, 1.54) is 29.5 Å². The molecule has 0 spiro atoms. The first-order valence-electron chi connectivity index (χ1n) is 10.1. The van der Waals surface area contributed by atoms with Crippen molar-refractivity contribution >= 4 is 28.3 Å². The highest BCUT2D eigenvalue weighted by Crippen LogP contribution is 2.42. The Morgan fingerprint density at radius 1 is 1.03 bits per heavy atom. The highest BCUT2D eigenvalue weighted by atomic mass is 32.1. The van der Waals surface area contributed by atoms with Crippen LogP contribution < -0.4 is 10.6 Å². The molecule has 0 saturated carbocycles. The molecular weight excluding hydrogens is 432 g/mol. The maximum absolute atomic E-state index is 14.2. The molecule has 1 aromatic heterocycles. The lowest BCUT2D eigenvalue weighted by atomic mass is 10.0. The summed E-state index contributed by atoms with van der Waals surface area (Å²) in [5.41, 5.74) is 8.77. The fraction of sp³-hybridized carbons (Fsp3) is 0.292. The van der Waals surface area contributed by atoms with E-state index >= 15 is 0 Å². The van der Waals surface area contributed by atoms with Gasteiger partial charge in [0, 0.05) is 49.9 Å². The molecule has 0 aliphatic heterocycles. The van der Waals surface area contributed by atoms with Crippen molar-refractivity contribution in [3.63, 3.8) is 0 Å². The molecule has 0 saturated heterocycles. The van der Waals surface area contributed by atoms with Gasteiger partial charge in [0.25, 0.3) is 0 Å². The first-order chi connectivity index (χ1) is 15.3. The van der Waals surface area contributed by atoms with E-state index in [2.05, 4.69) is 4.90 Å². The van der Waals surface area contributed by atoms with Crippen LogP contribution in [0, 0.1) is 11.6 Å². The van der Waals surface area contributed by atoms with Crippen molar-refractivity contribution in [2.75, 3.05) is 45.0 Å². The first kappa shape index (κ1) is 23.8. The summed E-state index contributed by atoms with van der Waals surface area (Å²) in [4.78, 5) is 16.9. The van der Waals surface area contributed by atoms with Crippen molar-refractivity contribution in [3.05, 3.63) is 70.8 Å². The number of ether oxygens (including phenoxy) is 1. The van der Waals surface area contributed by atoms with E-state index in [1.807, 2.05) is 31.3 Å². The smallest absolute Gasteiger partial charge is 0.153 e. The van der Waals surface area contributed by atoms with E-state index in [9.17, 15) is 13.6 Å². The van der Waals surface area contributed by atoms with E-state index in [-0.39, 0.29) is 12.1 Å². The highest BCUT2D eigenvalue weighted by molar-refractivity contribution is 7.20. The van der Waals surface area contributed by atoms with Gasteiger partial charge in [-0.2, -0.15) is 0 Å². The molecule has 1 heterocycles. The summed E-state index contributed by atoms with van der Waals surface area (Å²) in [5, 5.41) is 0.657. The molecule has 32 heavy (non-hydrogen) atoms. The number of carbonyl (C=O) groups is 1. The second-order valence-electron chi connectivity index (χ2n) is 7.66. The summed E-state index contributed by atoms with van der Waals surface area (Å²) in [6.07, 6.45) is 0.820. The van der Waals surface area contributed by atoms with E-state index in [0.717, 1.165) is 22.3 Å². The molecule has 5 nitrogen and oxygen atoms in total. The Bertz CT molecular complexity index is 1050. The molecule has 2 N–H and O–H groups in total. The zero-order valence-electron chi connectivity index (χ0n) is 18.4. The molecular formula is C24H27F2N3O2S. The summed E-state index contributed by atoms with van der Waals surface area (Å²) in [7, 11) is 5.33. The van der Waals surface area contributed by atoms with Crippen LogP contribution in [0.1, 0.15) is 21.5 Å². The van der Waals surface area contributed by atoms with Gasteiger partial charge < -0.3 is 15.4 Å². The monoisotopic (exact) mass is 459 g/mol. The van der Waals surface area contributed by atoms with Crippen LogP contribution in [0.3, 0.4) is 0 Å². The second kappa shape index (κ2) is 10.7. The molecule has 0 amide bonds. The van der Waals surface area contributed by atoms with Crippen LogP contribution in [-0.4, -0.2) is 45.5 Å². The summed E-state index contributed by atoms with van der Waals surface area (Å²) >= 11 is 1.43. The van der Waals surface area contributed by atoms with Crippen LogP contribution in [0.2, 0.25) is 0 Å². The molecule has 0 bridgehead atoms. The number of nitrogens with zero attached hydrogens (tertiary/aromatic N) is 2. The van der Waals surface area contributed by atoms with Crippen molar-refractivity contribution in [2.24, 2.45) is 0 Å². The van der Waals surface area contributed by atoms with Gasteiger partial charge in [0.1, 0.15) is 16.6 Å². The predicted octanol–water partition coefficient (Wildman–Crippen LogP) is 4.80. The quantitative estimate of drug-likeness (QED) is 0.349. The van der Waals surface area contributed by atoms with Crippen LogP contribution >= 0.6 is 11.3 Å². The van der Waals surface area contributed by atoms with Crippen LogP contribution in [0.25, 0.3) is 10.4 Å². The SMILES string of the molecule is COCCN(C)Cc1c(-c2ccc(N)cc2)sc(N(C)Cc2c(F)cccc2F)c1C=O. The maximum Gasteiger partial charge on any atom is 0.153 e. The maximum atomic E-state index is 14.2. The minimum Gasteiger partial charge on any atom is -0.399 e. The standard InChI is InChI=1S/C24H27F2N3O2S/c1-28(11-12-31-3)13-18-20(15-30)24(32-23(18)16-7-9-17(27)10-8-16)29(2)14-19-21(25)5-4-6-22(19)26/h4-10,15H,11-14,27H2,1-3H3. The normalized spacial score (nSPS) is 11.2. The zero-order valence-corrected chi connectivity index (χ0v) is 19.2. The highest BCUT2D eigenvalue weighted by Gasteiger charge is 2.23. The van der Waals surface area contributed by atoms with Gasteiger partial charge in [-0.05, 0) is 42.4 Å². The fourth-order valence-electron chi connectivity index (χ4n) is 3.48. The number of thiophene rings is 1. The molecule has 0 aliphatic rings. The van der Waals surface area contributed by atoms with Gasteiger partial charge in [-0.1, -0.05) is 18.2 Å². The number of anilines is 2. The van der Waals surface area contributed by atoms with E-state index < -0.39 is 11.6 Å². The number of nitrogens with two attached hydrogens (primary N) is 1. The van der Waals surface area contributed by atoms with Crippen molar-refractivity contribution in [1.29, 1.82) is 0 Å². The Kier molecular flexibility index (Phi) is 7.95. The Morgan fingerprint density at radius 3 is 2.28 bits per heavy atom. The van der Waals surface area contributed by atoms with Gasteiger partial charge in [-0.3, -0.25) is 9.69 Å². The summed E-state index contributed by atoms with van der Waals surface area (Å²) in [5.74, 6) is -1.22. The molecule has 2 aromatic carbocycles. The van der Waals surface area contributed by atoms with Crippen molar-refractivity contribution in [1.82, 2.24) is 4.90 Å². The van der Waals surface area contributed by atoms with E-state index in [0.29, 0.717) is 35.9 Å². The number of likely N-dealkylation sites (N-methyl/N-ethyl adjacent to an activating group) is 1. The van der Waals surface area contributed by atoms with Crippen LogP contribution in [-0.2, 0) is 17.8 Å². The first-order valence-corrected chi connectivity index (χ1v) is 11.0. The van der Waals surface area contributed by atoms with E-state index in [4.69, 9.17) is 10.5 Å². The number of nitrogen functional groups attached to an aromatic ring is 1. The topological polar surface area (TPSA) is 58.8 Å². The van der Waals surface area contributed by atoms with Gasteiger partial charge in [0.2, 0.25) is 0 Å². The number of benzene rings is 2. The lowest BCUT2D eigenvalue weighted by Gasteiger charge is -2.20. The number of hydrogen-bond donors (Lipinski definition) is 1. The molecule has 0 unspecified atom stereocenters. The average Bonchev–Trinajstić information content (AvgIpc) is 3.13. The van der Waals surface area contributed by atoms with Gasteiger partial charge in [0.15, 0.2) is 6.29 Å². The van der Waals surface area contributed by atoms with Crippen molar-refractivity contribution < 1.29 is 18.3 Å². The predicted molar refractivity (Wildman–Crippen MR) is 126 cm³/mol. The number of rotatable bonds is 10. The Morgan fingerprint density at radius 2 is 1.69 bits per heavy atom. The van der Waals surface area contributed by atoms with Crippen molar-refractivity contribution in [2.45, 2.75) is 13.1 Å². The minimum atomic E-state index is -0.612. The number of hydrogen-bond acceptors (Lipinski definition) is 6. The van der Waals surface area contributed by atoms with Gasteiger partial charge in [-0.25, -0.2) is 8.78 Å².